The van der Waals surface area contributed by atoms with Crippen LogP contribution in [0.5, 0.6) is 0 Å². The van der Waals surface area contributed by atoms with Crippen molar-refractivity contribution in [3.63, 3.8) is 0 Å². The van der Waals surface area contributed by atoms with Crippen LogP contribution >= 0.6 is 11.6 Å². The second-order valence-corrected chi connectivity index (χ2v) is 6.06. The molecule has 0 fully saturated rings. The summed E-state index contributed by atoms with van der Waals surface area (Å²) in [5, 5.41) is 8.22. The molecule has 0 bridgehead atoms. The van der Waals surface area contributed by atoms with Crippen LogP contribution in [0.1, 0.15) is 39.3 Å². The van der Waals surface area contributed by atoms with Crippen LogP contribution in [-0.2, 0) is 4.74 Å². The van der Waals surface area contributed by atoms with E-state index in [2.05, 4.69) is 10.2 Å². The highest BCUT2D eigenvalue weighted by Gasteiger charge is 2.23. The van der Waals surface area contributed by atoms with Gasteiger partial charge in [0, 0.05) is 12.7 Å². The zero-order valence-electron chi connectivity index (χ0n) is 11.9. The van der Waals surface area contributed by atoms with E-state index in [9.17, 15) is 4.79 Å². The SMILES string of the molecule is CC(C)(C)OC(=O)N1C=C(c2ccc(Cl)nn2)CCC1. The van der Waals surface area contributed by atoms with Gasteiger partial charge in [-0.1, -0.05) is 11.6 Å². The van der Waals surface area contributed by atoms with E-state index >= 15 is 0 Å². The number of aromatic nitrogens is 2. The van der Waals surface area contributed by atoms with Crippen LogP contribution in [0.15, 0.2) is 18.3 Å². The normalized spacial score (nSPS) is 15.8. The topological polar surface area (TPSA) is 55.3 Å². The zero-order valence-corrected chi connectivity index (χ0v) is 12.6. The van der Waals surface area contributed by atoms with E-state index in [1.54, 1.807) is 23.2 Å². The summed E-state index contributed by atoms with van der Waals surface area (Å²) in [6.45, 7) is 6.21. The minimum atomic E-state index is -0.497. The third-order valence-corrected chi connectivity index (χ3v) is 2.95. The molecule has 0 saturated carbocycles. The van der Waals surface area contributed by atoms with Crippen LogP contribution in [0.25, 0.3) is 5.57 Å². The van der Waals surface area contributed by atoms with Crippen molar-refractivity contribution >= 4 is 23.3 Å². The fraction of sp³-hybridized carbons (Fsp3) is 0.500. The van der Waals surface area contributed by atoms with Gasteiger partial charge >= 0.3 is 6.09 Å². The highest BCUT2D eigenvalue weighted by molar-refractivity contribution is 6.29. The Labute approximate surface area is 123 Å². The number of carbonyl (C=O) groups excluding carboxylic acids is 1. The lowest BCUT2D eigenvalue weighted by Gasteiger charge is -2.28. The fourth-order valence-corrected chi connectivity index (χ4v) is 2.00. The Morgan fingerprint density at radius 1 is 1.35 bits per heavy atom. The predicted octanol–water partition coefficient (Wildman–Crippen LogP) is 3.50. The first-order chi connectivity index (χ1) is 9.35. The maximum atomic E-state index is 12.0. The van der Waals surface area contributed by atoms with Crippen LogP contribution in [0.2, 0.25) is 5.15 Å². The van der Waals surface area contributed by atoms with E-state index < -0.39 is 5.60 Å². The van der Waals surface area contributed by atoms with Gasteiger partial charge in [0.15, 0.2) is 5.15 Å². The van der Waals surface area contributed by atoms with Gasteiger partial charge in [0.1, 0.15) is 5.60 Å². The van der Waals surface area contributed by atoms with Gasteiger partial charge in [-0.15, -0.1) is 10.2 Å². The summed E-state index contributed by atoms with van der Waals surface area (Å²) in [6.07, 6.45) is 3.18. The fourth-order valence-electron chi connectivity index (χ4n) is 1.90. The molecule has 0 spiro atoms. The van der Waals surface area contributed by atoms with Crippen molar-refractivity contribution in [2.24, 2.45) is 0 Å². The van der Waals surface area contributed by atoms with Gasteiger partial charge in [0.25, 0.3) is 0 Å². The molecule has 1 aliphatic heterocycles. The van der Waals surface area contributed by atoms with Gasteiger partial charge < -0.3 is 4.74 Å². The first-order valence-corrected chi connectivity index (χ1v) is 6.93. The second-order valence-electron chi connectivity index (χ2n) is 5.67. The molecule has 108 valence electrons. The predicted molar refractivity (Wildman–Crippen MR) is 77.2 cm³/mol. The summed E-state index contributed by atoms with van der Waals surface area (Å²) in [7, 11) is 0. The Morgan fingerprint density at radius 2 is 2.10 bits per heavy atom. The van der Waals surface area contributed by atoms with Gasteiger partial charge in [0.2, 0.25) is 0 Å². The monoisotopic (exact) mass is 295 g/mol. The largest absolute Gasteiger partial charge is 0.443 e. The quantitative estimate of drug-likeness (QED) is 0.795. The standard InChI is InChI=1S/C14H18ClN3O2/c1-14(2,3)20-13(19)18-8-4-5-10(9-18)11-6-7-12(15)17-16-11/h6-7,9H,4-5,8H2,1-3H3. The maximum Gasteiger partial charge on any atom is 0.414 e. The summed E-state index contributed by atoms with van der Waals surface area (Å²) in [4.78, 5) is 13.6. The van der Waals surface area contributed by atoms with Gasteiger partial charge in [-0.05, 0) is 51.3 Å². The van der Waals surface area contributed by atoms with Gasteiger partial charge in [0.05, 0.1) is 5.69 Å². The van der Waals surface area contributed by atoms with Gasteiger partial charge in [-0.2, -0.15) is 0 Å². The van der Waals surface area contributed by atoms with Crippen molar-refractivity contribution in [1.82, 2.24) is 15.1 Å². The lowest BCUT2D eigenvalue weighted by atomic mass is 10.0. The number of hydrogen-bond acceptors (Lipinski definition) is 4. The average Bonchev–Trinajstić information content (AvgIpc) is 2.38. The number of ether oxygens (including phenoxy) is 1. The minimum absolute atomic E-state index is 0.336. The molecule has 0 unspecified atom stereocenters. The third-order valence-electron chi connectivity index (χ3n) is 2.75. The van der Waals surface area contributed by atoms with E-state index in [1.807, 2.05) is 20.8 Å². The summed E-state index contributed by atoms with van der Waals surface area (Å²) >= 11 is 5.72. The van der Waals surface area contributed by atoms with E-state index in [1.165, 1.54) is 0 Å². The van der Waals surface area contributed by atoms with Gasteiger partial charge in [-0.3, -0.25) is 4.90 Å². The first-order valence-electron chi connectivity index (χ1n) is 6.55. The van der Waals surface area contributed by atoms with E-state index in [-0.39, 0.29) is 6.09 Å². The van der Waals surface area contributed by atoms with Crippen molar-refractivity contribution in [2.75, 3.05) is 6.54 Å². The molecule has 0 aliphatic carbocycles. The van der Waals surface area contributed by atoms with E-state index in [4.69, 9.17) is 16.3 Å². The van der Waals surface area contributed by atoms with Crippen LogP contribution in [0, 0.1) is 0 Å². The molecule has 2 heterocycles. The number of amides is 1. The molecular formula is C14H18ClN3O2. The molecule has 6 heteroatoms. The first kappa shape index (κ1) is 14.8. The van der Waals surface area contributed by atoms with Crippen molar-refractivity contribution in [3.05, 3.63) is 29.2 Å². The molecule has 0 aromatic carbocycles. The lowest BCUT2D eigenvalue weighted by molar-refractivity contribution is 0.0329. The molecule has 20 heavy (non-hydrogen) atoms. The zero-order chi connectivity index (χ0) is 14.8. The number of hydrogen-bond donors (Lipinski definition) is 0. The molecule has 0 atom stereocenters. The van der Waals surface area contributed by atoms with Crippen LogP contribution in [0.3, 0.4) is 0 Å². The van der Waals surface area contributed by atoms with Crippen LogP contribution < -0.4 is 0 Å². The van der Waals surface area contributed by atoms with Crippen molar-refractivity contribution in [2.45, 2.75) is 39.2 Å². The molecule has 1 aliphatic rings. The highest BCUT2D eigenvalue weighted by atomic mass is 35.5. The molecule has 1 amide bonds. The molecule has 1 aromatic rings. The van der Waals surface area contributed by atoms with Crippen LogP contribution in [-0.4, -0.2) is 33.3 Å². The molecule has 0 N–H and O–H groups in total. The Morgan fingerprint density at radius 3 is 2.70 bits per heavy atom. The molecule has 0 saturated heterocycles. The molecule has 2 rings (SSSR count). The van der Waals surface area contributed by atoms with Crippen molar-refractivity contribution < 1.29 is 9.53 Å². The maximum absolute atomic E-state index is 12.0. The molecule has 1 aromatic heterocycles. The number of rotatable bonds is 1. The number of nitrogens with zero attached hydrogens (tertiary/aromatic N) is 3. The highest BCUT2D eigenvalue weighted by Crippen LogP contribution is 2.24. The molecular weight excluding hydrogens is 278 g/mol. The summed E-state index contributed by atoms with van der Waals surface area (Å²) < 4.78 is 5.37. The number of carbonyl (C=O) groups is 1. The lowest BCUT2D eigenvalue weighted by Crippen LogP contribution is -2.35. The number of allylic oxidation sites excluding steroid dienone is 1. The summed E-state index contributed by atoms with van der Waals surface area (Å²) in [5.74, 6) is 0. The van der Waals surface area contributed by atoms with Crippen molar-refractivity contribution in [1.29, 1.82) is 0 Å². The minimum Gasteiger partial charge on any atom is -0.443 e. The Balaban J connectivity index is 2.15. The molecule has 5 nitrogen and oxygen atoms in total. The smallest absolute Gasteiger partial charge is 0.414 e. The van der Waals surface area contributed by atoms with E-state index in [0.29, 0.717) is 11.7 Å². The molecule has 0 radical (unpaired) electrons. The second kappa shape index (κ2) is 5.79. The Kier molecular flexibility index (Phi) is 4.28. The Bertz CT molecular complexity index is 520. The van der Waals surface area contributed by atoms with Crippen molar-refractivity contribution in [3.8, 4) is 0 Å². The third kappa shape index (κ3) is 3.93. The number of halogens is 1. The average molecular weight is 296 g/mol. The summed E-state index contributed by atoms with van der Waals surface area (Å²) in [6, 6.07) is 3.50. The Hall–Kier alpha value is -1.62. The van der Waals surface area contributed by atoms with Crippen LogP contribution in [0.4, 0.5) is 4.79 Å². The van der Waals surface area contributed by atoms with Gasteiger partial charge in [-0.25, -0.2) is 4.79 Å². The summed E-state index contributed by atoms with van der Waals surface area (Å²) in [5.41, 5.74) is 1.21. The van der Waals surface area contributed by atoms with E-state index in [0.717, 1.165) is 24.1 Å².